The number of nitrogens with zero attached hydrogens (tertiary/aromatic N) is 1. The van der Waals surface area contributed by atoms with Crippen LogP contribution in [0.15, 0.2) is 67.4 Å². The molecule has 0 fully saturated rings. The van der Waals surface area contributed by atoms with Crippen LogP contribution in [0.5, 0.6) is 0 Å². The number of esters is 3. The molecule has 1 heterocycles. The van der Waals surface area contributed by atoms with Gasteiger partial charge in [0.1, 0.15) is 13.2 Å². The quantitative estimate of drug-likeness (QED) is 0.297. The molecule has 7 heteroatoms. The second kappa shape index (κ2) is 16.7. The van der Waals surface area contributed by atoms with Crippen LogP contribution < -0.4 is 0 Å². The molecule has 0 amide bonds. The lowest BCUT2D eigenvalue weighted by Gasteiger charge is -2.05. The Bertz CT molecular complexity index is 694. The predicted octanol–water partition coefficient (Wildman–Crippen LogP) is 3.69. The third-order valence-corrected chi connectivity index (χ3v) is 2.68. The van der Waals surface area contributed by atoms with Crippen molar-refractivity contribution in [1.29, 1.82) is 0 Å². The molecular formula is C22H29NO6. The second-order valence-corrected chi connectivity index (χ2v) is 5.56. The second-order valence-electron chi connectivity index (χ2n) is 5.56. The lowest BCUT2D eigenvalue weighted by atomic mass is 10.4. The number of aromatic nitrogens is 1. The number of hydrogen-bond donors (Lipinski definition) is 0. The molecule has 0 saturated carbocycles. The lowest BCUT2D eigenvalue weighted by molar-refractivity contribution is -0.147. The molecule has 1 rings (SSSR count). The molecule has 1 aromatic rings. The molecule has 0 N–H and O–H groups in total. The normalized spacial score (nSPS) is 8.55. The maximum Gasteiger partial charge on any atom is 0.333 e. The fraction of sp³-hybridized carbons (Fsp3) is 0.273. The maximum absolute atomic E-state index is 10.8. The summed E-state index contributed by atoms with van der Waals surface area (Å²) in [6.07, 6.45) is 3.47. The van der Waals surface area contributed by atoms with Crippen LogP contribution in [0.2, 0.25) is 0 Å². The fourth-order valence-electron chi connectivity index (χ4n) is 1.19. The largest absolute Gasteiger partial charge is 0.466 e. The Labute approximate surface area is 172 Å². The molecule has 0 aromatic carbocycles. The van der Waals surface area contributed by atoms with Crippen LogP contribution in [-0.2, 0) is 28.6 Å². The zero-order chi connectivity index (χ0) is 22.8. The van der Waals surface area contributed by atoms with Gasteiger partial charge in [0.05, 0.1) is 12.8 Å². The van der Waals surface area contributed by atoms with Gasteiger partial charge < -0.3 is 14.2 Å². The number of hydrogen-bond acceptors (Lipinski definition) is 7. The van der Waals surface area contributed by atoms with E-state index in [4.69, 9.17) is 0 Å². The smallest absolute Gasteiger partial charge is 0.333 e. The van der Waals surface area contributed by atoms with Gasteiger partial charge in [-0.2, -0.15) is 0 Å². The van der Waals surface area contributed by atoms with Crippen LogP contribution >= 0.6 is 0 Å². The van der Waals surface area contributed by atoms with E-state index in [0.717, 1.165) is 5.69 Å². The predicted molar refractivity (Wildman–Crippen MR) is 113 cm³/mol. The Kier molecular flexibility index (Phi) is 15.9. The van der Waals surface area contributed by atoms with Crippen LogP contribution in [-0.4, -0.2) is 43.2 Å². The first kappa shape index (κ1) is 27.7. The highest BCUT2D eigenvalue weighted by Gasteiger charge is 2.05. The summed E-state index contributed by atoms with van der Waals surface area (Å²) in [5, 5.41) is 0. The molecule has 0 radical (unpaired) electrons. The highest BCUT2D eigenvalue weighted by molar-refractivity contribution is 5.87. The number of carbonyl (C=O) groups excluding carboxylic acids is 3. The SMILES string of the molecule is C=C(C)C(=O)OC.C=C(C)C(=O)OCCOC(=O)C(=C)C.C=Cc1ccccn1. The van der Waals surface area contributed by atoms with E-state index >= 15 is 0 Å². The number of methoxy groups -OCH3 is 1. The summed E-state index contributed by atoms with van der Waals surface area (Å²) in [5.41, 5.74) is 1.99. The molecule has 1 aromatic heterocycles. The van der Waals surface area contributed by atoms with Gasteiger partial charge in [-0.1, -0.05) is 32.4 Å². The van der Waals surface area contributed by atoms with E-state index in [1.807, 2.05) is 18.2 Å². The molecule has 0 bridgehead atoms. The fourth-order valence-corrected chi connectivity index (χ4v) is 1.19. The monoisotopic (exact) mass is 403 g/mol. The highest BCUT2D eigenvalue weighted by atomic mass is 16.6. The van der Waals surface area contributed by atoms with E-state index in [1.165, 1.54) is 7.11 Å². The molecule has 158 valence electrons. The van der Waals surface area contributed by atoms with Crippen molar-refractivity contribution >= 4 is 24.0 Å². The summed E-state index contributed by atoms with van der Waals surface area (Å²) >= 11 is 0. The van der Waals surface area contributed by atoms with E-state index in [9.17, 15) is 14.4 Å². The van der Waals surface area contributed by atoms with Gasteiger partial charge in [-0.15, -0.1) is 0 Å². The lowest BCUT2D eigenvalue weighted by Crippen LogP contribution is -2.14. The topological polar surface area (TPSA) is 91.8 Å². The van der Waals surface area contributed by atoms with E-state index in [0.29, 0.717) is 16.7 Å². The van der Waals surface area contributed by atoms with E-state index in [-0.39, 0.29) is 19.2 Å². The molecule has 0 aliphatic carbocycles. The summed E-state index contributed by atoms with van der Waals surface area (Å²) in [5.74, 6) is -1.33. The highest BCUT2D eigenvalue weighted by Crippen LogP contribution is 1.94. The summed E-state index contributed by atoms with van der Waals surface area (Å²) in [4.78, 5) is 35.9. The summed E-state index contributed by atoms with van der Waals surface area (Å²) in [6.45, 7) is 18.5. The van der Waals surface area contributed by atoms with E-state index in [1.54, 1.807) is 33.0 Å². The molecule has 0 aliphatic rings. The molecule has 0 saturated heterocycles. The van der Waals surface area contributed by atoms with Gasteiger partial charge in [0.2, 0.25) is 0 Å². The van der Waals surface area contributed by atoms with Crippen LogP contribution in [0.4, 0.5) is 0 Å². The Balaban J connectivity index is 0. The molecule has 0 atom stereocenters. The van der Waals surface area contributed by atoms with Gasteiger partial charge in [-0.25, -0.2) is 14.4 Å². The van der Waals surface area contributed by atoms with Gasteiger partial charge in [0, 0.05) is 22.9 Å². The summed E-state index contributed by atoms with van der Waals surface area (Å²) in [7, 11) is 1.33. The van der Waals surface area contributed by atoms with Gasteiger partial charge in [0.25, 0.3) is 0 Å². The summed E-state index contributed by atoms with van der Waals surface area (Å²) in [6, 6.07) is 5.73. The van der Waals surface area contributed by atoms with Gasteiger partial charge in [0.15, 0.2) is 0 Å². The van der Waals surface area contributed by atoms with Crippen molar-refractivity contribution < 1.29 is 28.6 Å². The number of pyridine rings is 1. The van der Waals surface area contributed by atoms with Crippen molar-refractivity contribution in [3.8, 4) is 0 Å². The zero-order valence-electron chi connectivity index (χ0n) is 17.5. The van der Waals surface area contributed by atoms with Crippen molar-refractivity contribution in [2.45, 2.75) is 20.8 Å². The van der Waals surface area contributed by atoms with Crippen molar-refractivity contribution in [2.75, 3.05) is 20.3 Å². The number of rotatable bonds is 7. The van der Waals surface area contributed by atoms with Gasteiger partial charge in [-0.3, -0.25) is 4.98 Å². The maximum atomic E-state index is 10.8. The molecule has 7 nitrogen and oxygen atoms in total. The van der Waals surface area contributed by atoms with Crippen molar-refractivity contribution in [3.05, 3.63) is 73.1 Å². The molecular weight excluding hydrogens is 374 g/mol. The third kappa shape index (κ3) is 16.4. The van der Waals surface area contributed by atoms with Crippen molar-refractivity contribution in [1.82, 2.24) is 4.98 Å². The summed E-state index contributed by atoms with van der Waals surface area (Å²) < 4.78 is 13.6. The van der Waals surface area contributed by atoms with Crippen LogP contribution in [0.1, 0.15) is 26.5 Å². The average Bonchev–Trinajstić information content (AvgIpc) is 2.71. The first-order valence-corrected chi connectivity index (χ1v) is 8.49. The average molecular weight is 403 g/mol. The first-order valence-electron chi connectivity index (χ1n) is 8.49. The minimum absolute atomic E-state index is 0.0325. The van der Waals surface area contributed by atoms with Gasteiger partial charge in [-0.05, 0) is 39.0 Å². The third-order valence-electron chi connectivity index (χ3n) is 2.68. The van der Waals surface area contributed by atoms with Crippen molar-refractivity contribution in [2.24, 2.45) is 0 Å². The molecule has 0 unspecified atom stereocenters. The van der Waals surface area contributed by atoms with Crippen LogP contribution in [0.25, 0.3) is 6.08 Å². The van der Waals surface area contributed by atoms with E-state index < -0.39 is 11.9 Å². The Morgan fingerprint density at radius 2 is 1.34 bits per heavy atom. The first-order chi connectivity index (χ1) is 13.6. The Morgan fingerprint density at radius 3 is 1.55 bits per heavy atom. The van der Waals surface area contributed by atoms with Crippen LogP contribution in [0.3, 0.4) is 0 Å². The van der Waals surface area contributed by atoms with Crippen LogP contribution in [0, 0.1) is 0 Å². The Hall–Kier alpha value is -3.48. The van der Waals surface area contributed by atoms with Gasteiger partial charge >= 0.3 is 17.9 Å². The molecule has 0 spiro atoms. The zero-order valence-corrected chi connectivity index (χ0v) is 17.5. The van der Waals surface area contributed by atoms with Crippen molar-refractivity contribution in [3.63, 3.8) is 0 Å². The minimum Gasteiger partial charge on any atom is -0.466 e. The van der Waals surface area contributed by atoms with E-state index in [2.05, 4.69) is 45.5 Å². The minimum atomic E-state index is -0.489. The number of ether oxygens (including phenoxy) is 3. The molecule has 0 aliphatic heterocycles. The standard InChI is InChI=1S/C10H14O4.C7H7N.C5H8O2/c1-7(2)9(11)13-5-6-14-10(12)8(3)4;1-2-7-5-3-4-6-8-7;1-4(2)5(6)7-3/h1,3,5-6H2,2,4H3;2-6H,1H2;1H2,2-3H3. The Morgan fingerprint density at radius 1 is 0.897 bits per heavy atom. The number of carbonyl (C=O) groups is 3. The molecule has 29 heavy (non-hydrogen) atoms.